The Morgan fingerprint density at radius 1 is 1.12 bits per heavy atom. The van der Waals surface area contributed by atoms with E-state index in [1.165, 1.54) is 0 Å². The van der Waals surface area contributed by atoms with Gasteiger partial charge in [0.15, 0.2) is 11.5 Å². The van der Waals surface area contributed by atoms with Crippen LogP contribution < -0.4 is 14.2 Å². The highest BCUT2D eigenvalue weighted by molar-refractivity contribution is 9.10. The van der Waals surface area contributed by atoms with E-state index in [0.29, 0.717) is 17.2 Å². The van der Waals surface area contributed by atoms with Gasteiger partial charge in [-0.15, -0.1) is 0 Å². The van der Waals surface area contributed by atoms with Crippen molar-refractivity contribution in [3.8, 4) is 17.2 Å². The molecule has 17 heavy (non-hydrogen) atoms. The minimum absolute atomic E-state index is 0.508. The Kier molecular flexibility index (Phi) is 3.23. The summed E-state index contributed by atoms with van der Waals surface area (Å²) >= 11 is 3.44. The molecule has 0 saturated heterocycles. The van der Waals surface area contributed by atoms with Crippen LogP contribution >= 0.6 is 15.9 Å². The Hall–Kier alpha value is -0.940. The van der Waals surface area contributed by atoms with Crippen LogP contribution in [0.25, 0.3) is 0 Å². The molecule has 1 aliphatic carbocycles. The van der Waals surface area contributed by atoms with Crippen LogP contribution in [0.4, 0.5) is 0 Å². The van der Waals surface area contributed by atoms with Crippen LogP contribution in [-0.2, 0) is 5.60 Å². The second-order valence-electron chi connectivity index (χ2n) is 4.03. The van der Waals surface area contributed by atoms with E-state index in [-0.39, 0.29) is 0 Å². The predicted octanol–water partition coefficient (Wildman–Crippen LogP) is 2.46. The average Bonchev–Trinajstić information content (AvgIpc) is 3.06. The van der Waals surface area contributed by atoms with Crippen molar-refractivity contribution in [2.45, 2.75) is 18.4 Å². The number of hydrogen-bond acceptors (Lipinski definition) is 4. The van der Waals surface area contributed by atoms with Gasteiger partial charge in [0.25, 0.3) is 0 Å². The third kappa shape index (κ3) is 1.98. The van der Waals surface area contributed by atoms with Crippen LogP contribution in [-0.4, -0.2) is 26.4 Å². The molecule has 0 spiro atoms. The van der Waals surface area contributed by atoms with Gasteiger partial charge in [-0.1, -0.05) is 15.9 Å². The lowest BCUT2D eigenvalue weighted by Crippen LogP contribution is -2.09. The first-order chi connectivity index (χ1) is 8.07. The van der Waals surface area contributed by atoms with Crippen molar-refractivity contribution >= 4 is 15.9 Å². The van der Waals surface area contributed by atoms with Gasteiger partial charge in [-0.3, -0.25) is 0 Å². The van der Waals surface area contributed by atoms with Crippen molar-refractivity contribution in [1.29, 1.82) is 0 Å². The fourth-order valence-corrected chi connectivity index (χ4v) is 2.69. The zero-order valence-electron chi connectivity index (χ0n) is 10.0. The minimum atomic E-state index is -0.802. The number of methoxy groups -OCH3 is 3. The number of benzene rings is 1. The molecular weight excluding hydrogens is 288 g/mol. The summed E-state index contributed by atoms with van der Waals surface area (Å²) in [4.78, 5) is 0. The fourth-order valence-electron chi connectivity index (χ4n) is 1.93. The molecule has 1 N–H and O–H groups in total. The van der Waals surface area contributed by atoms with E-state index in [0.717, 1.165) is 22.9 Å². The van der Waals surface area contributed by atoms with E-state index in [1.807, 2.05) is 0 Å². The van der Waals surface area contributed by atoms with Crippen LogP contribution in [0.5, 0.6) is 17.2 Å². The number of ether oxygens (including phenoxy) is 3. The van der Waals surface area contributed by atoms with E-state index < -0.39 is 5.60 Å². The zero-order chi connectivity index (χ0) is 12.6. The summed E-state index contributed by atoms with van der Waals surface area (Å²) in [5, 5.41) is 10.3. The highest BCUT2D eigenvalue weighted by Crippen LogP contribution is 2.56. The van der Waals surface area contributed by atoms with Gasteiger partial charge in [0.05, 0.1) is 26.9 Å². The Bertz CT molecular complexity index is 441. The first-order valence-corrected chi connectivity index (χ1v) is 6.08. The molecule has 5 heteroatoms. The van der Waals surface area contributed by atoms with E-state index in [1.54, 1.807) is 27.4 Å². The quantitative estimate of drug-likeness (QED) is 0.928. The molecule has 0 heterocycles. The molecule has 0 radical (unpaired) electrons. The largest absolute Gasteiger partial charge is 0.493 e. The molecule has 0 aromatic heterocycles. The number of halogens is 1. The lowest BCUT2D eigenvalue weighted by Gasteiger charge is -2.20. The molecule has 0 atom stereocenters. The molecular formula is C12H15BrO4. The fraction of sp³-hybridized carbons (Fsp3) is 0.500. The monoisotopic (exact) mass is 302 g/mol. The minimum Gasteiger partial charge on any atom is -0.493 e. The summed E-state index contributed by atoms with van der Waals surface area (Å²) in [6, 6.07) is 1.78. The van der Waals surface area contributed by atoms with E-state index in [2.05, 4.69) is 15.9 Å². The van der Waals surface area contributed by atoms with Gasteiger partial charge in [-0.2, -0.15) is 0 Å². The third-order valence-electron chi connectivity index (χ3n) is 2.97. The summed E-state index contributed by atoms with van der Waals surface area (Å²) in [5.41, 5.74) is -0.0679. The summed E-state index contributed by atoms with van der Waals surface area (Å²) in [7, 11) is 4.67. The molecule has 1 aromatic rings. The van der Waals surface area contributed by atoms with Crippen LogP contribution in [0.3, 0.4) is 0 Å². The van der Waals surface area contributed by atoms with Gasteiger partial charge >= 0.3 is 0 Å². The van der Waals surface area contributed by atoms with Crippen LogP contribution in [0.15, 0.2) is 10.5 Å². The molecule has 0 unspecified atom stereocenters. The first-order valence-electron chi connectivity index (χ1n) is 5.28. The average molecular weight is 303 g/mol. The predicted molar refractivity (Wildman–Crippen MR) is 66.9 cm³/mol. The van der Waals surface area contributed by atoms with Crippen molar-refractivity contribution in [2.75, 3.05) is 21.3 Å². The molecule has 1 aromatic carbocycles. The second-order valence-corrected chi connectivity index (χ2v) is 4.89. The summed E-state index contributed by atoms with van der Waals surface area (Å²) < 4.78 is 16.7. The van der Waals surface area contributed by atoms with E-state index in [4.69, 9.17) is 14.2 Å². The molecule has 0 amide bonds. The molecule has 1 fully saturated rings. The Balaban J connectivity index is 2.66. The number of hydrogen-bond donors (Lipinski definition) is 1. The highest BCUT2D eigenvalue weighted by atomic mass is 79.9. The van der Waals surface area contributed by atoms with Crippen molar-refractivity contribution in [1.82, 2.24) is 0 Å². The maximum atomic E-state index is 10.3. The third-order valence-corrected chi connectivity index (χ3v) is 3.60. The van der Waals surface area contributed by atoms with Crippen LogP contribution in [0, 0.1) is 0 Å². The maximum absolute atomic E-state index is 10.3. The van der Waals surface area contributed by atoms with Crippen LogP contribution in [0.1, 0.15) is 18.4 Å². The Morgan fingerprint density at radius 3 is 2.12 bits per heavy atom. The molecule has 1 aliphatic rings. The zero-order valence-corrected chi connectivity index (χ0v) is 11.6. The lowest BCUT2D eigenvalue weighted by atomic mass is 10.1. The first kappa shape index (κ1) is 12.5. The maximum Gasteiger partial charge on any atom is 0.203 e. The van der Waals surface area contributed by atoms with Crippen molar-refractivity contribution in [3.05, 3.63) is 16.1 Å². The normalized spacial score (nSPS) is 16.5. The second kappa shape index (κ2) is 4.38. The van der Waals surface area contributed by atoms with Crippen LogP contribution in [0.2, 0.25) is 0 Å². The number of rotatable bonds is 4. The summed E-state index contributed by atoms with van der Waals surface area (Å²) in [6.07, 6.45) is 1.47. The Morgan fingerprint density at radius 2 is 1.71 bits per heavy atom. The summed E-state index contributed by atoms with van der Waals surface area (Å²) in [5.74, 6) is 1.61. The standard InChI is InChI=1S/C12H15BrO4/c1-15-8-6-7(13)9(12(14)4-5-12)11(17-3)10(8)16-2/h6,14H,4-5H2,1-3H3. The smallest absolute Gasteiger partial charge is 0.203 e. The molecule has 0 aliphatic heterocycles. The highest BCUT2D eigenvalue weighted by Gasteiger charge is 2.47. The molecule has 4 nitrogen and oxygen atoms in total. The van der Waals surface area contributed by atoms with Gasteiger partial charge in [0.2, 0.25) is 5.75 Å². The number of aliphatic hydroxyl groups is 1. The van der Waals surface area contributed by atoms with Gasteiger partial charge in [-0.25, -0.2) is 0 Å². The van der Waals surface area contributed by atoms with E-state index >= 15 is 0 Å². The van der Waals surface area contributed by atoms with Gasteiger partial charge < -0.3 is 19.3 Å². The van der Waals surface area contributed by atoms with Crippen molar-refractivity contribution in [3.63, 3.8) is 0 Å². The van der Waals surface area contributed by atoms with Crippen molar-refractivity contribution < 1.29 is 19.3 Å². The topological polar surface area (TPSA) is 47.9 Å². The van der Waals surface area contributed by atoms with Gasteiger partial charge in [0.1, 0.15) is 0 Å². The molecule has 94 valence electrons. The SMILES string of the molecule is COc1cc(Br)c(C2(O)CC2)c(OC)c1OC. The molecule has 1 saturated carbocycles. The van der Waals surface area contributed by atoms with Gasteiger partial charge in [-0.05, 0) is 18.9 Å². The molecule has 0 bridgehead atoms. The molecule has 2 rings (SSSR count). The van der Waals surface area contributed by atoms with Gasteiger partial charge in [0, 0.05) is 10.0 Å². The lowest BCUT2D eigenvalue weighted by molar-refractivity contribution is 0.145. The van der Waals surface area contributed by atoms with E-state index in [9.17, 15) is 5.11 Å². The van der Waals surface area contributed by atoms with Crippen molar-refractivity contribution in [2.24, 2.45) is 0 Å². The Labute approximate surface area is 109 Å². The summed E-state index contributed by atoms with van der Waals surface area (Å²) in [6.45, 7) is 0.